The Balaban J connectivity index is 2.09. The second-order valence-electron chi connectivity index (χ2n) is 8.06. The quantitative estimate of drug-likeness (QED) is 0.386. The molecule has 0 aliphatic heterocycles. The molecule has 1 unspecified atom stereocenters. The number of methoxy groups -OCH3 is 2. The van der Waals surface area contributed by atoms with Gasteiger partial charge in [-0.15, -0.1) is 0 Å². The van der Waals surface area contributed by atoms with Crippen molar-refractivity contribution in [2.24, 2.45) is 0 Å². The Bertz CT molecular complexity index is 798. The summed E-state index contributed by atoms with van der Waals surface area (Å²) in [6.07, 6.45) is 4.74. The lowest BCUT2D eigenvalue weighted by Crippen LogP contribution is -2.07. The van der Waals surface area contributed by atoms with Crippen LogP contribution in [0.1, 0.15) is 81.9 Å². The largest absolute Gasteiger partial charge is 0.508 e. The van der Waals surface area contributed by atoms with Crippen LogP contribution in [-0.4, -0.2) is 25.9 Å². The van der Waals surface area contributed by atoms with E-state index in [9.17, 15) is 5.11 Å². The molecule has 1 atom stereocenters. The van der Waals surface area contributed by atoms with E-state index in [1.165, 1.54) is 11.1 Å². The Kier molecular flexibility index (Phi) is 9.35. The summed E-state index contributed by atoms with van der Waals surface area (Å²) < 4.78 is 17.5. The summed E-state index contributed by atoms with van der Waals surface area (Å²) in [5.41, 5.74) is 3.27. The molecule has 1 N–H and O–H groups in total. The van der Waals surface area contributed by atoms with Gasteiger partial charge in [-0.25, -0.2) is 0 Å². The van der Waals surface area contributed by atoms with Crippen molar-refractivity contribution in [3.05, 3.63) is 47.0 Å². The minimum Gasteiger partial charge on any atom is -0.508 e. The van der Waals surface area contributed by atoms with Gasteiger partial charge >= 0.3 is 0 Å². The normalized spacial score (nSPS) is 12.1. The number of benzene rings is 2. The molecule has 4 heteroatoms. The molecule has 0 fully saturated rings. The van der Waals surface area contributed by atoms with Gasteiger partial charge in [-0.05, 0) is 49.7 Å². The molecular weight excluding hydrogens is 376 g/mol. The summed E-state index contributed by atoms with van der Waals surface area (Å²) in [6.45, 7) is 9.27. The Morgan fingerprint density at radius 2 is 1.60 bits per heavy atom. The average molecular weight is 415 g/mol. The highest BCUT2D eigenvalue weighted by Gasteiger charge is 2.22. The van der Waals surface area contributed by atoms with Crippen LogP contribution < -0.4 is 14.2 Å². The first-order valence-corrected chi connectivity index (χ1v) is 11.2. The van der Waals surface area contributed by atoms with Gasteiger partial charge in [0.25, 0.3) is 0 Å². The molecule has 0 heterocycles. The molecule has 0 spiro atoms. The van der Waals surface area contributed by atoms with E-state index in [2.05, 4.69) is 39.8 Å². The molecule has 2 aromatic carbocycles. The van der Waals surface area contributed by atoms with Crippen molar-refractivity contribution in [2.45, 2.75) is 71.6 Å². The van der Waals surface area contributed by atoms with Gasteiger partial charge in [-0.1, -0.05) is 52.3 Å². The van der Waals surface area contributed by atoms with Crippen molar-refractivity contribution >= 4 is 0 Å². The first-order valence-electron chi connectivity index (χ1n) is 11.2. The van der Waals surface area contributed by atoms with Crippen molar-refractivity contribution < 1.29 is 19.3 Å². The minimum absolute atomic E-state index is 0.322. The van der Waals surface area contributed by atoms with Crippen molar-refractivity contribution in [1.29, 1.82) is 0 Å². The lowest BCUT2D eigenvalue weighted by Gasteiger charge is -2.23. The first-order chi connectivity index (χ1) is 14.5. The van der Waals surface area contributed by atoms with E-state index in [-0.39, 0.29) is 0 Å². The van der Waals surface area contributed by atoms with E-state index in [1.807, 2.05) is 12.1 Å². The van der Waals surface area contributed by atoms with E-state index < -0.39 is 0 Å². The maximum atomic E-state index is 10.1. The molecule has 30 heavy (non-hydrogen) atoms. The summed E-state index contributed by atoms with van der Waals surface area (Å²) in [4.78, 5) is 0. The van der Waals surface area contributed by atoms with Crippen LogP contribution in [0.5, 0.6) is 23.0 Å². The van der Waals surface area contributed by atoms with Crippen LogP contribution in [0, 0.1) is 0 Å². The lowest BCUT2D eigenvalue weighted by atomic mass is 9.88. The maximum Gasteiger partial charge on any atom is 0.164 e. The molecule has 0 aliphatic carbocycles. The monoisotopic (exact) mass is 414 g/mol. The van der Waals surface area contributed by atoms with Gasteiger partial charge in [-0.2, -0.15) is 0 Å². The van der Waals surface area contributed by atoms with Gasteiger partial charge < -0.3 is 19.3 Å². The van der Waals surface area contributed by atoms with Gasteiger partial charge in [0.15, 0.2) is 11.5 Å². The molecule has 0 saturated carbocycles. The van der Waals surface area contributed by atoms with Gasteiger partial charge in [-0.3, -0.25) is 0 Å². The molecule has 2 aromatic rings. The van der Waals surface area contributed by atoms with Crippen molar-refractivity contribution in [3.63, 3.8) is 0 Å². The topological polar surface area (TPSA) is 47.9 Å². The zero-order valence-corrected chi connectivity index (χ0v) is 19.5. The highest BCUT2D eigenvalue weighted by atomic mass is 16.5. The van der Waals surface area contributed by atoms with E-state index in [0.717, 1.165) is 54.9 Å². The maximum absolute atomic E-state index is 10.1. The number of phenols is 1. The molecule has 0 amide bonds. The van der Waals surface area contributed by atoms with Gasteiger partial charge in [0, 0.05) is 16.7 Å². The zero-order chi connectivity index (χ0) is 22.1. The third-order valence-electron chi connectivity index (χ3n) is 5.70. The SMILES string of the molecule is CCCc1c(O)cccc1OCCCC(CC)c1ccc(C(C)C)c(OC)c1OC. The molecule has 0 aromatic heterocycles. The predicted molar refractivity (Wildman–Crippen MR) is 123 cm³/mol. The van der Waals surface area contributed by atoms with Crippen molar-refractivity contribution in [3.8, 4) is 23.0 Å². The predicted octanol–water partition coefficient (Wildman–Crippen LogP) is 6.84. The second-order valence-corrected chi connectivity index (χ2v) is 8.06. The highest BCUT2D eigenvalue weighted by molar-refractivity contribution is 5.54. The Morgan fingerprint density at radius 3 is 2.20 bits per heavy atom. The number of phenolic OH excluding ortho intramolecular Hbond substituents is 1. The smallest absolute Gasteiger partial charge is 0.164 e. The minimum atomic E-state index is 0.322. The number of ether oxygens (including phenoxy) is 3. The van der Waals surface area contributed by atoms with Crippen LogP contribution >= 0.6 is 0 Å². The van der Waals surface area contributed by atoms with Crippen molar-refractivity contribution in [2.75, 3.05) is 20.8 Å². The lowest BCUT2D eigenvalue weighted by molar-refractivity contribution is 0.294. The van der Waals surface area contributed by atoms with Crippen LogP contribution in [0.25, 0.3) is 0 Å². The molecule has 166 valence electrons. The molecule has 0 radical (unpaired) electrons. The standard InChI is InChI=1S/C26H38O4/c1-7-11-22-23(27)13-9-14-24(22)30-17-10-12-19(8-2)21-16-15-20(18(3)4)25(28-5)26(21)29-6/h9,13-16,18-19,27H,7-8,10-12,17H2,1-6H3. The Morgan fingerprint density at radius 1 is 0.933 bits per heavy atom. The van der Waals surface area contributed by atoms with Gasteiger partial charge in [0.2, 0.25) is 0 Å². The van der Waals surface area contributed by atoms with Crippen LogP contribution in [0.3, 0.4) is 0 Å². The molecule has 0 saturated heterocycles. The third kappa shape index (κ3) is 5.62. The molecule has 2 rings (SSSR count). The first kappa shape index (κ1) is 23.9. The van der Waals surface area contributed by atoms with Crippen LogP contribution in [0.4, 0.5) is 0 Å². The van der Waals surface area contributed by atoms with Gasteiger partial charge in [0.05, 0.1) is 20.8 Å². The summed E-state index contributed by atoms with van der Waals surface area (Å²) in [7, 11) is 3.43. The highest BCUT2D eigenvalue weighted by Crippen LogP contribution is 2.43. The van der Waals surface area contributed by atoms with E-state index in [1.54, 1.807) is 20.3 Å². The fourth-order valence-electron chi connectivity index (χ4n) is 4.07. The Labute approximate surface area is 182 Å². The number of hydrogen-bond donors (Lipinski definition) is 1. The van der Waals surface area contributed by atoms with E-state index in [4.69, 9.17) is 14.2 Å². The summed E-state index contributed by atoms with van der Waals surface area (Å²) in [6, 6.07) is 9.88. The number of aromatic hydroxyl groups is 1. The van der Waals surface area contributed by atoms with Crippen molar-refractivity contribution in [1.82, 2.24) is 0 Å². The van der Waals surface area contributed by atoms with E-state index in [0.29, 0.717) is 24.2 Å². The fourth-order valence-corrected chi connectivity index (χ4v) is 4.07. The van der Waals surface area contributed by atoms with Crippen LogP contribution in [0.15, 0.2) is 30.3 Å². The molecular formula is C26H38O4. The number of rotatable bonds is 12. The van der Waals surface area contributed by atoms with Crippen LogP contribution in [0.2, 0.25) is 0 Å². The fraction of sp³-hybridized carbons (Fsp3) is 0.538. The average Bonchev–Trinajstić information content (AvgIpc) is 2.74. The second kappa shape index (κ2) is 11.7. The van der Waals surface area contributed by atoms with Crippen LogP contribution in [-0.2, 0) is 6.42 Å². The summed E-state index contributed by atoms with van der Waals surface area (Å²) in [5.74, 6) is 3.57. The summed E-state index contributed by atoms with van der Waals surface area (Å²) >= 11 is 0. The van der Waals surface area contributed by atoms with E-state index >= 15 is 0 Å². The third-order valence-corrected chi connectivity index (χ3v) is 5.70. The number of hydrogen-bond acceptors (Lipinski definition) is 4. The molecule has 0 aliphatic rings. The molecule has 0 bridgehead atoms. The summed E-state index contributed by atoms with van der Waals surface area (Å²) in [5, 5.41) is 10.1. The zero-order valence-electron chi connectivity index (χ0n) is 19.5. The van der Waals surface area contributed by atoms with Gasteiger partial charge in [0.1, 0.15) is 11.5 Å². The molecule has 4 nitrogen and oxygen atoms in total. The Hall–Kier alpha value is -2.36.